The third kappa shape index (κ3) is 2.40. The molecule has 1 aliphatic rings. The normalized spacial score (nSPS) is 21.6. The zero-order chi connectivity index (χ0) is 15.3. The summed E-state index contributed by atoms with van der Waals surface area (Å²) in [5.41, 5.74) is -0.319. The smallest absolute Gasteiger partial charge is 0.399 e. The van der Waals surface area contributed by atoms with E-state index in [1.165, 1.54) is 12.4 Å². The van der Waals surface area contributed by atoms with Crippen LogP contribution in [0.2, 0.25) is 0 Å². The lowest BCUT2D eigenvalue weighted by atomic mass is 9.82. The monoisotopic (exact) mass is 300 g/mol. The third-order valence-corrected chi connectivity index (χ3v) is 5.87. The second kappa shape index (κ2) is 4.57. The number of hydrogen-bond donors (Lipinski definition) is 0. The van der Waals surface area contributed by atoms with Gasteiger partial charge >= 0.3 is 7.12 Å². The molecule has 0 N–H and O–H groups in total. The largest absolute Gasteiger partial charge is 0.498 e. The van der Waals surface area contributed by atoms with Gasteiger partial charge in [0.05, 0.1) is 16.5 Å². The molecule has 2 rings (SSSR count). The Bertz CT molecular complexity index is 591. The van der Waals surface area contributed by atoms with Crippen LogP contribution in [-0.4, -0.2) is 41.2 Å². The third-order valence-electron chi connectivity index (χ3n) is 3.96. The van der Waals surface area contributed by atoms with Crippen molar-refractivity contribution < 1.29 is 17.7 Å². The van der Waals surface area contributed by atoms with Crippen LogP contribution in [-0.2, 0) is 19.3 Å². The van der Waals surface area contributed by atoms with E-state index in [4.69, 9.17) is 9.31 Å². The lowest BCUT2D eigenvalue weighted by Gasteiger charge is -2.32. The maximum Gasteiger partial charge on any atom is 0.498 e. The van der Waals surface area contributed by atoms with Gasteiger partial charge < -0.3 is 9.31 Å². The molecule has 0 bridgehead atoms. The number of rotatable bonds is 3. The van der Waals surface area contributed by atoms with Gasteiger partial charge in [0.1, 0.15) is 0 Å². The molecule has 2 heterocycles. The fraction of sp³-hybridized carbons (Fsp3) is 0.750. The van der Waals surface area contributed by atoms with E-state index in [2.05, 4.69) is 5.10 Å². The minimum atomic E-state index is -3.45. The van der Waals surface area contributed by atoms with Crippen LogP contribution in [0.1, 0.15) is 41.5 Å². The average molecular weight is 300 g/mol. The predicted octanol–water partition coefficient (Wildman–Crippen LogP) is 0.769. The number of aromatic nitrogens is 2. The van der Waals surface area contributed by atoms with Crippen LogP contribution in [0.4, 0.5) is 0 Å². The highest BCUT2D eigenvalue weighted by Gasteiger charge is 2.52. The van der Waals surface area contributed by atoms with Gasteiger partial charge in [-0.15, -0.1) is 0 Å². The molecule has 1 saturated heterocycles. The molecular weight excluding hydrogens is 279 g/mol. The first-order valence-corrected chi connectivity index (χ1v) is 8.12. The van der Waals surface area contributed by atoms with Crippen LogP contribution in [0, 0.1) is 0 Å². The van der Waals surface area contributed by atoms with Gasteiger partial charge in [0, 0.05) is 17.9 Å². The zero-order valence-corrected chi connectivity index (χ0v) is 13.6. The standard InChI is InChI=1S/C12H21BN2O4S/c1-9(2)20(16,17)15-8-10(7-14-15)13-18-11(3,4)12(5,6)19-13/h7-9H,1-6H3. The molecular formula is C12H21BN2O4S. The van der Waals surface area contributed by atoms with Crippen LogP contribution in [0.15, 0.2) is 12.4 Å². The van der Waals surface area contributed by atoms with E-state index in [1.807, 2.05) is 27.7 Å². The van der Waals surface area contributed by atoms with E-state index in [0.717, 1.165) is 4.09 Å². The first-order chi connectivity index (χ1) is 8.97. The maximum absolute atomic E-state index is 12.0. The molecule has 0 aliphatic carbocycles. The van der Waals surface area contributed by atoms with E-state index in [0.29, 0.717) is 5.46 Å². The molecule has 1 aliphatic heterocycles. The minimum Gasteiger partial charge on any atom is -0.399 e. The summed E-state index contributed by atoms with van der Waals surface area (Å²) in [5, 5.41) is 3.38. The lowest BCUT2D eigenvalue weighted by Crippen LogP contribution is -2.41. The van der Waals surface area contributed by atoms with Gasteiger partial charge in [-0.3, -0.25) is 0 Å². The Kier molecular flexibility index (Phi) is 3.55. The van der Waals surface area contributed by atoms with Crippen molar-refractivity contribution in [1.82, 2.24) is 9.19 Å². The molecule has 112 valence electrons. The Morgan fingerprint density at radius 2 is 1.70 bits per heavy atom. The molecule has 0 unspecified atom stereocenters. The molecule has 0 saturated carbocycles. The van der Waals surface area contributed by atoms with Gasteiger partial charge in [-0.25, -0.2) is 8.42 Å². The van der Waals surface area contributed by atoms with Gasteiger partial charge in [0.2, 0.25) is 0 Å². The number of hydrogen-bond acceptors (Lipinski definition) is 5. The molecule has 1 fully saturated rings. The Labute approximate surface area is 120 Å². The van der Waals surface area contributed by atoms with Crippen molar-refractivity contribution in [2.45, 2.75) is 58.0 Å². The van der Waals surface area contributed by atoms with Crippen LogP contribution < -0.4 is 5.46 Å². The molecule has 1 aromatic heterocycles. The number of nitrogens with zero attached hydrogens (tertiary/aromatic N) is 2. The molecule has 0 spiro atoms. The Morgan fingerprint density at radius 3 is 2.15 bits per heavy atom. The van der Waals surface area contributed by atoms with Crippen LogP contribution in [0.5, 0.6) is 0 Å². The van der Waals surface area contributed by atoms with Crippen molar-refractivity contribution >= 4 is 22.6 Å². The Hall–Kier alpha value is -0.855. The van der Waals surface area contributed by atoms with Crippen molar-refractivity contribution in [3.8, 4) is 0 Å². The fourth-order valence-corrected chi connectivity index (χ4v) is 2.65. The molecule has 0 atom stereocenters. The summed E-state index contributed by atoms with van der Waals surface area (Å²) in [5.74, 6) is 0. The molecule has 0 amide bonds. The van der Waals surface area contributed by atoms with E-state index >= 15 is 0 Å². The molecule has 20 heavy (non-hydrogen) atoms. The fourth-order valence-electron chi connectivity index (χ4n) is 1.77. The van der Waals surface area contributed by atoms with E-state index < -0.39 is 33.6 Å². The van der Waals surface area contributed by atoms with Crippen molar-refractivity contribution in [3.63, 3.8) is 0 Å². The highest BCUT2D eigenvalue weighted by molar-refractivity contribution is 7.90. The zero-order valence-electron chi connectivity index (χ0n) is 12.7. The van der Waals surface area contributed by atoms with Crippen molar-refractivity contribution in [1.29, 1.82) is 0 Å². The van der Waals surface area contributed by atoms with Gasteiger partial charge in [0.15, 0.2) is 0 Å². The summed E-state index contributed by atoms with van der Waals surface area (Å²) in [7, 11) is -4.05. The molecule has 0 aromatic carbocycles. The van der Waals surface area contributed by atoms with Gasteiger partial charge in [-0.2, -0.15) is 9.19 Å². The molecule has 1 aromatic rings. The first kappa shape index (κ1) is 15.5. The van der Waals surface area contributed by atoms with Crippen molar-refractivity contribution in [2.24, 2.45) is 0 Å². The van der Waals surface area contributed by atoms with Crippen molar-refractivity contribution in [2.75, 3.05) is 0 Å². The van der Waals surface area contributed by atoms with Gasteiger partial charge in [-0.05, 0) is 41.5 Å². The topological polar surface area (TPSA) is 70.4 Å². The summed E-state index contributed by atoms with van der Waals surface area (Å²) in [6.45, 7) is 11.0. The molecule has 8 heteroatoms. The maximum atomic E-state index is 12.0. The Balaban J connectivity index is 2.28. The summed E-state index contributed by atoms with van der Waals surface area (Å²) < 4.78 is 36.8. The molecule has 6 nitrogen and oxygen atoms in total. The summed E-state index contributed by atoms with van der Waals surface area (Å²) >= 11 is 0. The van der Waals surface area contributed by atoms with Gasteiger partial charge in [-0.1, -0.05) is 0 Å². The lowest BCUT2D eigenvalue weighted by molar-refractivity contribution is 0.00578. The molecule has 0 radical (unpaired) electrons. The van der Waals surface area contributed by atoms with Crippen LogP contribution >= 0.6 is 0 Å². The SMILES string of the molecule is CC(C)S(=O)(=O)n1cc(B2OC(C)(C)C(C)(C)O2)cn1. The van der Waals surface area contributed by atoms with Crippen LogP contribution in [0.25, 0.3) is 0 Å². The first-order valence-electron chi connectivity index (χ1n) is 6.62. The minimum absolute atomic E-state index is 0.462. The average Bonchev–Trinajstić information content (AvgIpc) is 2.82. The second-order valence-electron chi connectivity index (χ2n) is 6.33. The van der Waals surface area contributed by atoms with Gasteiger partial charge in [0.25, 0.3) is 10.0 Å². The van der Waals surface area contributed by atoms with E-state index in [9.17, 15) is 8.42 Å². The highest BCUT2D eigenvalue weighted by Crippen LogP contribution is 2.36. The highest BCUT2D eigenvalue weighted by atomic mass is 32.2. The summed E-state index contributed by atoms with van der Waals surface area (Å²) in [6, 6.07) is 0. The second-order valence-corrected chi connectivity index (χ2v) is 8.68. The quantitative estimate of drug-likeness (QED) is 0.771. The summed E-state index contributed by atoms with van der Waals surface area (Å²) in [4.78, 5) is 0. The van der Waals surface area contributed by atoms with E-state index in [1.54, 1.807) is 13.8 Å². The summed E-state index contributed by atoms with van der Waals surface area (Å²) in [6.07, 6.45) is 2.93. The predicted molar refractivity (Wildman–Crippen MR) is 77.4 cm³/mol. The Morgan fingerprint density at radius 1 is 1.20 bits per heavy atom. The van der Waals surface area contributed by atoms with Crippen molar-refractivity contribution in [3.05, 3.63) is 12.4 Å². The van der Waals surface area contributed by atoms with E-state index in [-0.39, 0.29) is 0 Å². The van der Waals surface area contributed by atoms with Crippen LogP contribution in [0.3, 0.4) is 0 Å².